The van der Waals surface area contributed by atoms with E-state index in [1.807, 2.05) is 6.92 Å². The molecule has 32 heavy (non-hydrogen) atoms. The van der Waals surface area contributed by atoms with Crippen molar-refractivity contribution in [2.45, 2.75) is 20.3 Å². The number of nitrogens with one attached hydrogen (secondary N) is 1. The van der Waals surface area contributed by atoms with Crippen LogP contribution in [-0.4, -0.2) is 53.0 Å². The van der Waals surface area contributed by atoms with Gasteiger partial charge in [0.1, 0.15) is 10.9 Å². The van der Waals surface area contributed by atoms with E-state index in [4.69, 9.17) is 25.8 Å². The molecule has 11 heteroatoms. The Morgan fingerprint density at radius 3 is 2.88 bits per heavy atom. The van der Waals surface area contributed by atoms with Crippen LogP contribution in [0.25, 0.3) is 11.1 Å². The number of anilines is 1. The molecule has 0 unspecified atom stereocenters. The van der Waals surface area contributed by atoms with Gasteiger partial charge in [0, 0.05) is 35.0 Å². The van der Waals surface area contributed by atoms with Crippen LogP contribution in [0, 0.1) is 12.3 Å². The summed E-state index contributed by atoms with van der Waals surface area (Å²) in [6, 6.07) is 3.44. The average molecular weight is 476 g/mol. The molecule has 3 aromatic heterocycles. The molecular formula is C21H22ClN5O4S. The first-order chi connectivity index (χ1) is 15.4. The van der Waals surface area contributed by atoms with Gasteiger partial charge in [0.05, 0.1) is 32.1 Å². The molecule has 1 saturated heterocycles. The Morgan fingerprint density at radius 2 is 2.12 bits per heavy atom. The summed E-state index contributed by atoms with van der Waals surface area (Å²) in [5.41, 5.74) is 2.29. The predicted molar refractivity (Wildman–Crippen MR) is 121 cm³/mol. The molecule has 1 aliphatic heterocycles. The van der Waals surface area contributed by atoms with Gasteiger partial charge < -0.3 is 14.2 Å². The molecule has 168 valence electrons. The largest absolute Gasteiger partial charge is 0.494 e. The number of nitrogens with zero attached hydrogens (tertiary/aromatic N) is 4. The number of rotatable bonds is 7. The minimum atomic E-state index is -0.388. The molecule has 0 saturated carbocycles. The van der Waals surface area contributed by atoms with Crippen LogP contribution >= 0.6 is 22.9 Å². The number of amides is 1. The second-order valence-corrected chi connectivity index (χ2v) is 9.14. The standard InChI is InChI=1S/C21H22ClN5O4S/c1-12-6-13(14-7-17(22)24-9-16(14)29-3)15(8-23-12)18(28)25-19-26-27-20(32-19)31-11-21(2)4-5-30-10-21/h6-9H,4-5,10-11H2,1-3H3,(H,25,26,28)/t21-/m0/s1. The molecule has 1 aliphatic rings. The van der Waals surface area contributed by atoms with Crippen LogP contribution in [0.15, 0.2) is 24.5 Å². The quantitative estimate of drug-likeness (QED) is 0.510. The summed E-state index contributed by atoms with van der Waals surface area (Å²) in [7, 11) is 1.53. The van der Waals surface area contributed by atoms with E-state index in [0.717, 1.165) is 30.1 Å². The molecule has 3 aromatic rings. The van der Waals surface area contributed by atoms with Gasteiger partial charge in [-0.25, -0.2) is 4.98 Å². The SMILES string of the molecule is COc1cnc(Cl)cc1-c1cc(C)ncc1C(=O)Nc1nnc(OC[C@@]2(C)CCOC2)s1. The summed E-state index contributed by atoms with van der Waals surface area (Å²) >= 11 is 7.25. The maximum atomic E-state index is 13.1. The predicted octanol–water partition coefficient (Wildman–Crippen LogP) is 4.02. The molecule has 4 rings (SSSR count). The number of hydrogen-bond donors (Lipinski definition) is 1. The maximum Gasteiger partial charge on any atom is 0.295 e. The fourth-order valence-corrected chi connectivity index (χ4v) is 4.04. The van der Waals surface area contributed by atoms with Gasteiger partial charge in [-0.15, -0.1) is 5.10 Å². The lowest BCUT2D eigenvalue weighted by atomic mass is 9.91. The summed E-state index contributed by atoms with van der Waals surface area (Å²) in [4.78, 5) is 21.4. The highest BCUT2D eigenvalue weighted by Crippen LogP contribution is 2.35. The maximum absolute atomic E-state index is 13.1. The zero-order valence-electron chi connectivity index (χ0n) is 17.8. The molecule has 1 N–H and O–H groups in total. The summed E-state index contributed by atoms with van der Waals surface area (Å²) in [6.07, 6.45) is 3.95. The average Bonchev–Trinajstić information content (AvgIpc) is 3.41. The van der Waals surface area contributed by atoms with Crippen molar-refractivity contribution in [3.8, 4) is 22.1 Å². The number of carbonyl (C=O) groups excluding carboxylic acids is 1. The van der Waals surface area contributed by atoms with Crippen molar-refractivity contribution in [2.24, 2.45) is 5.41 Å². The molecule has 1 atom stereocenters. The third kappa shape index (κ3) is 4.98. The molecule has 4 heterocycles. The van der Waals surface area contributed by atoms with Crippen LogP contribution < -0.4 is 14.8 Å². The van der Waals surface area contributed by atoms with Gasteiger partial charge in [-0.05, 0) is 36.8 Å². The Bertz CT molecular complexity index is 1130. The van der Waals surface area contributed by atoms with Crippen molar-refractivity contribution in [1.29, 1.82) is 0 Å². The molecule has 0 aromatic carbocycles. The normalized spacial score (nSPS) is 17.9. The highest BCUT2D eigenvalue weighted by molar-refractivity contribution is 7.17. The van der Waals surface area contributed by atoms with Gasteiger partial charge in [-0.2, -0.15) is 0 Å². The highest BCUT2D eigenvalue weighted by Gasteiger charge is 2.31. The monoisotopic (exact) mass is 475 g/mol. The minimum Gasteiger partial charge on any atom is -0.494 e. The van der Waals surface area contributed by atoms with Crippen molar-refractivity contribution >= 4 is 34.0 Å². The van der Waals surface area contributed by atoms with Crippen molar-refractivity contribution in [2.75, 3.05) is 32.2 Å². The van der Waals surface area contributed by atoms with Gasteiger partial charge in [-0.1, -0.05) is 23.6 Å². The van der Waals surface area contributed by atoms with Gasteiger partial charge in [0.25, 0.3) is 11.1 Å². The lowest BCUT2D eigenvalue weighted by molar-refractivity contribution is 0.102. The van der Waals surface area contributed by atoms with Crippen molar-refractivity contribution in [3.05, 3.63) is 40.9 Å². The van der Waals surface area contributed by atoms with E-state index < -0.39 is 0 Å². The third-order valence-electron chi connectivity index (χ3n) is 5.10. The first-order valence-electron chi connectivity index (χ1n) is 9.89. The topological polar surface area (TPSA) is 108 Å². The van der Waals surface area contributed by atoms with Gasteiger partial charge >= 0.3 is 0 Å². The fourth-order valence-electron chi connectivity index (χ4n) is 3.30. The van der Waals surface area contributed by atoms with E-state index in [1.54, 1.807) is 12.1 Å². The van der Waals surface area contributed by atoms with E-state index in [1.165, 1.54) is 19.5 Å². The van der Waals surface area contributed by atoms with Gasteiger partial charge in [0.2, 0.25) is 5.13 Å². The van der Waals surface area contributed by atoms with E-state index in [2.05, 4.69) is 32.4 Å². The lowest BCUT2D eigenvalue weighted by Gasteiger charge is -2.20. The molecule has 0 aliphatic carbocycles. The minimum absolute atomic E-state index is 0.0393. The Kier molecular flexibility index (Phi) is 6.54. The molecule has 9 nitrogen and oxygen atoms in total. The number of hydrogen-bond acceptors (Lipinski definition) is 9. The number of methoxy groups -OCH3 is 1. The highest BCUT2D eigenvalue weighted by atomic mass is 35.5. The molecule has 1 fully saturated rings. The number of carbonyl (C=O) groups is 1. The lowest BCUT2D eigenvalue weighted by Crippen LogP contribution is -2.25. The second kappa shape index (κ2) is 9.35. The van der Waals surface area contributed by atoms with Crippen LogP contribution in [0.4, 0.5) is 5.13 Å². The Morgan fingerprint density at radius 1 is 1.28 bits per heavy atom. The first kappa shape index (κ1) is 22.4. The Labute approximate surface area is 194 Å². The van der Waals surface area contributed by atoms with Crippen LogP contribution in [-0.2, 0) is 4.74 Å². The van der Waals surface area contributed by atoms with E-state index in [9.17, 15) is 4.79 Å². The molecular weight excluding hydrogens is 454 g/mol. The van der Waals surface area contributed by atoms with E-state index >= 15 is 0 Å². The van der Waals surface area contributed by atoms with Crippen LogP contribution in [0.2, 0.25) is 5.15 Å². The zero-order chi connectivity index (χ0) is 22.7. The van der Waals surface area contributed by atoms with E-state index in [-0.39, 0.29) is 16.5 Å². The zero-order valence-corrected chi connectivity index (χ0v) is 19.4. The number of halogens is 1. The van der Waals surface area contributed by atoms with Crippen molar-refractivity contribution in [3.63, 3.8) is 0 Å². The van der Waals surface area contributed by atoms with Crippen LogP contribution in [0.1, 0.15) is 29.4 Å². The van der Waals surface area contributed by atoms with E-state index in [0.29, 0.717) is 46.0 Å². The third-order valence-corrected chi connectivity index (χ3v) is 6.06. The summed E-state index contributed by atoms with van der Waals surface area (Å²) in [5.74, 6) is 0.103. The number of pyridine rings is 2. The summed E-state index contributed by atoms with van der Waals surface area (Å²) < 4.78 is 16.6. The van der Waals surface area contributed by atoms with Gasteiger partial charge in [0.15, 0.2) is 0 Å². The Hall–Kier alpha value is -2.82. The fraction of sp³-hybridized carbons (Fsp3) is 0.381. The second-order valence-electron chi connectivity index (χ2n) is 7.81. The van der Waals surface area contributed by atoms with Crippen LogP contribution in [0.5, 0.6) is 10.9 Å². The van der Waals surface area contributed by atoms with Crippen LogP contribution in [0.3, 0.4) is 0 Å². The molecule has 0 spiro atoms. The number of aromatic nitrogens is 4. The molecule has 0 radical (unpaired) electrons. The molecule has 0 bridgehead atoms. The summed E-state index contributed by atoms with van der Waals surface area (Å²) in [5, 5.41) is 11.8. The van der Waals surface area contributed by atoms with Crippen molar-refractivity contribution < 1.29 is 19.0 Å². The van der Waals surface area contributed by atoms with Crippen molar-refractivity contribution in [1.82, 2.24) is 20.2 Å². The summed E-state index contributed by atoms with van der Waals surface area (Å²) in [6.45, 7) is 5.81. The number of aryl methyl sites for hydroxylation is 1. The molecule has 1 amide bonds. The Balaban J connectivity index is 1.54. The van der Waals surface area contributed by atoms with Gasteiger partial charge in [-0.3, -0.25) is 15.1 Å². The number of ether oxygens (including phenoxy) is 3. The first-order valence-corrected chi connectivity index (χ1v) is 11.1. The smallest absolute Gasteiger partial charge is 0.295 e.